The zero-order chi connectivity index (χ0) is 32.7. The summed E-state index contributed by atoms with van der Waals surface area (Å²) in [5, 5.41) is 0. The van der Waals surface area contributed by atoms with Crippen molar-refractivity contribution in [3.8, 4) is 22.3 Å². The Morgan fingerprint density at radius 2 is 0.729 bits per heavy atom. The summed E-state index contributed by atoms with van der Waals surface area (Å²) in [7, 11) is 0. The van der Waals surface area contributed by atoms with Crippen LogP contribution in [0.15, 0.2) is 72.8 Å². The van der Waals surface area contributed by atoms with Gasteiger partial charge in [0.05, 0.1) is 0 Å². The molecule has 0 N–H and O–H groups in total. The van der Waals surface area contributed by atoms with Gasteiger partial charge in [-0.1, -0.05) is 177 Å². The highest BCUT2D eigenvalue weighted by atomic mass is 14.5. The third kappa shape index (κ3) is 7.69. The van der Waals surface area contributed by atoms with E-state index in [1.54, 1.807) is 11.1 Å². The van der Waals surface area contributed by atoms with Gasteiger partial charge in [0.2, 0.25) is 0 Å². The first-order valence-electron chi connectivity index (χ1n) is 21.0. The van der Waals surface area contributed by atoms with E-state index in [1.807, 2.05) is 0 Å². The van der Waals surface area contributed by atoms with Crippen LogP contribution < -0.4 is 0 Å². The van der Waals surface area contributed by atoms with Gasteiger partial charge < -0.3 is 0 Å². The molecule has 4 saturated carbocycles. The highest BCUT2D eigenvalue weighted by Crippen LogP contribution is 2.60. The molecule has 3 aromatic carbocycles. The van der Waals surface area contributed by atoms with E-state index in [0.717, 1.165) is 47.3 Å². The Morgan fingerprint density at radius 1 is 0.396 bits per heavy atom. The quantitative estimate of drug-likeness (QED) is 0.121. The molecule has 0 aliphatic heterocycles. The van der Waals surface area contributed by atoms with E-state index in [1.165, 1.54) is 151 Å². The van der Waals surface area contributed by atoms with E-state index in [-0.39, 0.29) is 0 Å². The molecule has 0 heteroatoms. The average Bonchev–Trinajstić information content (AvgIpc) is 3.91. The lowest BCUT2D eigenvalue weighted by Gasteiger charge is -2.22. The Hall–Kier alpha value is -2.34. The fourth-order valence-electron chi connectivity index (χ4n) is 11.7. The molecule has 0 nitrogen and oxygen atoms in total. The van der Waals surface area contributed by atoms with Gasteiger partial charge in [0.1, 0.15) is 0 Å². The van der Waals surface area contributed by atoms with E-state index >= 15 is 0 Å². The highest BCUT2D eigenvalue weighted by molar-refractivity contribution is 5.70. The van der Waals surface area contributed by atoms with Crippen molar-refractivity contribution in [3.63, 3.8) is 0 Å². The lowest BCUT2D eigenvalue weighted by Crippen LogP contribution is -2.12. The molecular weight excluding hydrogens is 577 g/mol. The van der Waals surface area contributed by atoms with E-state index in [9.17, 15) is 0 Å². The maximum atomic E-state index is 2.49. The number of unbranched alkanes of at least 4 members (excludes halogenated alkanes) is 10. The van der Waals surface area contributed by atoms with Crippen molar-refractivity contribution < 1.29 is 0 Å². The van der Waals surface area contributed by atoms with Crippen molar-refractivity contribution in [2.45, 2.75) is 154 Å². The molecule has 4 fully saturated rings. The Kier molecular flexibility index (Phi) is 11.8. The van der Waals surface area contributed by atoms with Crippen LogP contribution in [0.3, 0.4) is 0 Å². The number of hydrogen-bond acceptors (Lipinski definition) is 0. The van der Waals surface area contributed by atoms with Crippen LogP contribution in [0.5, 0.6) is 0 Å². The second-order valence-corrected chi connectivity index (χ2v) is 17.0. The molecular formula is C48H66. The molecule has 3 aromatic rings. The molecule has 258 valence electrons. The zero-order valence-corrected chi connectivity index (χ0v) is 30.7. The maximum Gasteiger partial charge on any atom is -0.0103 e. The van der Waals surface area contributed by atoms with E-state index in [0.29, 0.717) is 0 Å². The normalized spacial score (nSPS) is 28.9. The Balaban J connectivity index is 0.916. The van der Waals surface area contributed by atoms with Gasteiger partial charge in [-0.15, -0.1) is 0 Å². The van der Waals surface area contributed by atoms with Crippen LogP contribution in [0.25, 0.3) is 22.3 Å². The minimum absolute atomic E-state index is 0.820. The lowest BCUT2D eigenvalue weighted by atomic mass is 9.82. The van der Waals surface area contributed by atoms with Crippen molar-refractivity contribution in [1.82, 2.24) is 0 Å². The third-order valence-corrected chi connectivity index (χ3v) is 14.1. The van der Waals surface area contributed by atoms with Gasteiger partial charge in [0.15, 0.2) is 0 Å². The second kappa shape index (κ2) is 16.6. The van der Waals surface area contributed by atoms with Crippen LogP contribution in [0.2, 0.25) is 0 Å². The predicted molar refractivity (Wildman–Crippen MR) is 207 cm³/mol. The first-order chi connectivity index (χ1) is 23.7. The van der Waals surface area contributed by atoms with Gasteiger partial charge in [-0.25, -0.2) is 0 Å². The molecule has 4 bridgehead atoms. The van der Waals surface area contributed by atoms with Gasteiger partial charge in [0.25, 0.3) is 0 Å². The first kappa shape index (κ1) is 34.1. The van der Waals surface area contributed by atoms with E-state index < -0.39 is 0 Å². The third-order valence-electron chi connectivity index (χ3n) is 14.1. The summed E-state index contributed by atoms with van der Waals surface area (Å²) in [6.07, 6.45) is 29.0. The van der Waals surface area contributed by atoms with Crippen molar-refractivity contribution >= 4 is 0 Å². The van der Waals surface area contributed by atoms with Crippen LogP contribution >= 0.6 is 0 Å². The van der Waals surface area contributed by atoms with Crippen molar-refractivity contribution in [1.29, 1.82) is 0 Å². The SMILES string of the molecule is CCCCCCCCC1CC2CCC1C2c1ccc(-c2ccc(-c3ccc(C4C5CCC4C(CCCCCCCC)C5)cc3)cc2)cc1. The summed E-state index contributed by atoms with van der Waals surface area (Å²) in [6, 6.07) is 29.0. The minimum Gasteiger partial charge on any atom is -0.0654 e. The monoisotopic (exact) mass is 643 g/mol. The standard InChI is InChI=1S/C48H66/c1-3-5-7-9-11-13-15-41-33-43-29-31-45(41)47(43)39-25-21-37(22-26-39)35-17-19-36(20-18-35)38-23-27-40(28-24-38)48-44-30-32-46(48)42(34-44)16-14-12-10-8-6-4-2/h17-28,41-48H,3-16,29-34H2,1-2H3. The lowest BCUT2D eigenvalue weighted by molar-refractivity contribution is 0.301. The molecule has 0 radical (unpaired) electrons. The first-order valence-corrected chi connectivity index (χ1v) is 21.0. The Morgan fingerprint density at radius 3 is 1.10 bits per heavy atom. The summed E-state index contributed by atoms with van der Waals surface area (Å²) in [5.74, 6) is 7.37. The molecule has 0 amide bonds. The predicted octanol–water partition coefficient (Wildman–Crippen LogP) is 14.8. The van der Waals surface area contributed by atoms with Crippen molar-refractivity contribution in [3.05, 3.63) is 83.9 Å². The second-order valence-electron chi connectivity index (χ2n) is 17.0. The maximum absolute atomic E-state index is 2.49. The highest BCUT2D eigenvalue weighted by Gasteiger charge is 2.48. The number of benzene rings is 3. The van der Waals surface area contributed by atoms with E-state index in [4.69, 9.17) is 0 Å². The van der Waals surface area contributed by atoms with Gasteiger partial charge in [0, 0.05) is 0 Å². The molecule has 48 heavy (non-hydrogen) atoms. The molecule has 0 aromatic heterocycles. The molecule has 8 unspecified atom stereocenters. The Bertz CT molecular complexity index is 1270. The smallest absolute Gasteiger partial charge is 0.0103 e. The fourth-order valence-corrected chi connectivity index (χ4v) is 11.7. The molecule has 0 heterocycles. The van der Waals surface area contributed by atoms with Gasteiger partial charge in [-0.2, -0.15) is 0 Å². The average molecular weight is 643 g/mol. The van der Waals surface area contributed by atoms with Crippen LogP contribution in [0.1, 0.15) is 165 Å². The molecule has 4 aliphatic carbocycles. The summed E-state index contributed by atoms with van der Waals surface area (Å²) >= 11 is 0. The van der Waals surface area contributed by atoms with Gasteiger partial charge in [-0.05, 0) is 119 Å². The molecule has 0 saturated heterocycles. The Labute approximate surface area is 294 Å². The van der Waals surface area contributed by atoms with Crippen LogP contribution in [-0.2, 0) is 0 Å². The number of hydrogen-bond donors (Lipinski definition) is 0. The molecule has 4 aliphatic rings. The summed E-state index contributed by atoms with van der Waals surface area (Å²) in [4.78, 5) is 0. The minimum atomic E-state index is 0.820. The summed E-state index contributed by atoms with van der Waals surface area (Å²) in [5.41, 5.74) is 8.66. The fraction of sp³-hybridized carbons (Fsp3) is 0.625. The number of rotatable bonds is 18. The van der Waals surface area contributed by atoms with Crippen molar-refractivity contribution in [2.75, 3.05) is 0 Å². The molecule has 8 atom stereocenters. The van der Waals surface area contributed by atoms with Crippen molar-refractivity contribution in [2.24, 2.45) is 35.5 Å². The summed E-state index contributed by atoms with van der Waals surface area (Å²) < 4.78 is 0. The van der Waals surface area contributed by atoms with Gasteiger partial charge in [-0.3, -0.25) is 0 Å². The largest absolute Gasteiger partial charge is 0.0654 e. The molecule has 7 rings (SSSR count). The summed E-state index contributed by atoms with van der Waals surface area (Å²) in [6.45, 7) is 4.64. The van der Waals surface area contributed by atoms with Crippen LogP contribution in [0.4, 0.5) is 0 Å². The molecule has 0 spiro atoms. The van der Waals surface area contributed by atoms with E-state index in [2.05, 4.69) is 86.6 Å². The van der Waals surface area contributed by atoms with Gasteiger partial charge >= 0.3 is 0 Å². The topological polar surface area (TPSA) is 0 Å². The zero-order valence-electron chi connectivity index (χ0n) is 30.7. The van der Waals surface area contributed by atoms with Crippen LogP contribution in [0, 0.1) is 35.5 Å². The number of fused-ring (bicyclic) bond motifs is 4. The van der Waals surface area contributed by atoms with Crippen LogP contribution in [-0.4, -0.2) is 0 Å².